The quantitative estimate of drug-likeness (QED) is 0.734. The lowest BCUT2D eigenvalue weighted by Crippen LogP contribution is -2.46. The van der Waals surface area contributed by atoms with Crippen LogP contribution in [0.15, 0.2) is 42.5 Å². The summed E-state index contributed by atoms with van der Waals surface area (Å²) in [6.07, 6.45) is 2.41. The summed E-state index contributed by atoms with van der Waals surface area (Å²) >= 11 is 0. The molecule has 0 aromatic heterocycles. The van der Waals surface area contributed by atoms with Gasteiger partial charge in [0.2, 0.25) is 0 Å². The minimum Gasteiger partial charge on any atom is -0.390 e. The molecule has 1 N–H and O–H groups in total. The van der Waals surface area contributed by atoms with Gasteiger partial charge in [0.25, 0.3) is 5.91 Å². The first-order chi connectivity index (χ1) is 16.2. The van der Waals surface area contributed by atoms with Crippen LogP contribution in [0.2, 0.25) is 0 Å². The fourth-order valence-electron chi connectivity index (χ4n) is 5.40. The summed E-state index contributed by atoms with van der Waals surface area (Å²) in [6, 6.07) is 14.8. The molecule has 0 radical (unpaired) electrons. The van der Waals surface area contributed by atoms with Crippen molar-refractivity contribution in [2.45, 2.75) is 38.5 Å². The number of ether oxygens (including phenoxy) is 1. The number of hydrogen-bond donors (Lipinski definition) is 1. The van der Waals surface area contributed by atoms with E-state index >= 15 is 0 Å². The molecule has 0 bridgehead atoms. The largest absolute Gasteiger partial charge is 0.390 e. The van der Waals surface area contributed by atoms with Crippen LogP contribution in [0.4, 0.5) is 0 Å². The molecule has 0 spiro atoms. The molecule has 1 amide bonds. The molecule has 6 nitrogen and oxygen atoms in total. The lowest BCUT2D eigenvalue weighted by atomic mass is 9.96. The maximum absolute atomic E-state index is 13.1. The molecule has 3 heterocycles. The first-order valence-electron chi connectivity index (χ1n) is 12.3. The number of rotatable bonds is 6. The van der Waals surface area contributed by atoms with E-state index in [1.165, 1.54) is 16.7 Å². The Balaban J connectivity index is 1.16. The molecule has 0 aliphatic carbocycles. The summed E-state index contributed by atoms with van der Waals surface area (Å²) in [7, 11) is 0. The van der Waals surface area contributed by atoms with E-state index in [-0.39, 0.29) is 5.91 Å². The average molecular weight is 450 g/mol. The van der Waals surface area contributed by atoms with Crippen LogP contribution < -0.4 is 0 Å². The van der Waals surface area contributed by atoms with E-state index in [1.54, 1.807) is 0 Å². The van der Waals surface area contributed by atoms with Crippen molar-refractivity contribution in [1.29, 1.82) is 0 Å². The van der Waals surface area contributed by atoms with Crippen molar-refractivity contribution < 1.29 is 14.6 Å². The minimum atomic E-state index is -0.537. The highest BCUT2D eigenvalue weighted by Crippen LogP contribution is 2.23. The summed E-state index contributed by atoms with van der Waals surface area (Å²) in [5.41, 5.74) is 5.96. The van der Waals surface area contributed by atoms with Crippen molar-refractivity contribution in [1.82, 2.24) is 14.7 Å². The van der Waals surface area contributed by atoms with E-state index in [0.717, 1.165) is 76.3 Å². The third-order valence-electron chi connectivity index (χ3n) is 7.17. The number of nitrogens with zero attached hydrogens (tertiary/aromatic N) is 3. The Hall–Kier alpha value is -2.25. The van der Waals surface area contributed by atoms with Crippen LogP contribution in [0.1, 0.15) is 39.0 Å². The molecular weight excluding hydrogens is 414 g/mol. The minimum absolute atomic E-state index is 0.0500. The van der Waals surface area contributed by atoms with Gasteiger partial charge in [0.15, 0.2) is 0 Å². The predicted molar refractivity (Wildman–Crippen MR) is 128 cm³/mol. The molecule has 3 aliphatic heterocycles. The van der Waals surface area contributed by atoms with Gasteiger partial charge in [0.1, 0.15) is 0 Å². The van der Waals surface area contributed by atoms with Gasteiger partial charge in [-0.05, 0) is 47.6 Å². The van der Waals surface area contributed by atoms with Crippen LogP contribution in [-0.4, -0.2) is 84.3 Å². The molecular formula is C27H35N3O3. The first kappa shape index (κ1) is 22.5. The number of carbonyl (C=O) groups excluding carboxylic acids is 1. The highest BCUT2D eigenvalue weighted by atomic mass is 16.5. The number of carbonyl (C=O) groups is 1. The predicted octanol–water partition coefficient (Wildman–Crippen LogP) is 2.33. The second kappa shape index (κ2) is 10.3. The molecule has 0 saturated carbocycles. The molecule has 2 aromatic carbocycles. The maximum atomic E-state index is 13.1. The second-order valence-corrected chi connectivity index (χ2v) is 9.64. The molecule has 1 saturated heterocycles. The van der Waals surface area contributed by atoms with Crippen molar-refractivity contribution in [3.8, 4) is 0 Å². The molecule has 5 rings (SSSR count). The number of aliphatic hydroxyl groups excluding tert-OH is 1. The van der Waals surface area contributed by atoms with E-state index in [2.05, 4.69) is 46.2 Å². The molecule has 2 aromatic rings. The molecule has 1 fully saturated rings. The van der Waals surface area contributed by atoms with Crippen molar-refractivity contribution in [2.24, 2.45) is 0 Å². The number of amides is 1. The average Bonchev–Trinajstić information content (AvgIpc) is 3.09. The highest BCUT2D eigenvalue weighted by molar-refractivity contribution is 5.96. The van der Waals surface area contributed by atoms with Crippen LogP contribution in [0, 0.1) is 0 Å². The zero-order valence-corrected chi connectivity index (χ0v) is 19.4. The first-order valence-corrected chi connectivity index (χ1v) is 12.3. The van der Waals surface area contributed by atoms with Gasteiger partial charge in [-0.3, -0.25) is 14.6 Å². The fraction of sp³-hybridized carbons (Fsp3) is 0.519. The van der Waals surface area contributed by atoms with Crippen molar-refractivity contribution >= 4 is 5.91 Å². The van der Waals surface area contributed by atoms with Crippen LogP contribution in [-0.2, 0) is 30.7 Å². The van der Waals surface area contributed by atoms with Crippen LogP contribution in [0.25, 0.3) is 0 Å². The Labute approximate surface area is 196 Å². The molecule has 3 aliphatic rings. The molecule has 33 heavy (non-hydrogen) atoms. The van der Waals surface area contributed by atoms with E-state index in [0.29, 0.717) is 19.6 Å². The zero-order chi connectivity index (χ0) is 22.6. The summed E-state index contributed by atoms with van der Waals surface area (Å²) < 4.78 is 5.56. The molecule has 1 atom stereocenters. The molecule has 6 heteroatoms. The van der Waals surface area contributed by atoms with E-state index in [9.17, 15) is 9.90 Å². The van der Waals surface area contributed by atoms with Gasteiger partial charge in [0.05, 0.1) is 12.7 Å². The van der Waals surface area contributed by atoms with Gasteiger partial charge in [-0.15, -0.1) is 0 Å². The Kier molecular flexibility index (Phi) is 7.07. The standard InChI is InChI=1S/C27H35N3O3/c31-25(19-29-11-8-22-4-1-2-5-24(22)18-29)20-30-12-9-23-16-21(6-7-26(23)27(30)32)17-28-10-3-14-33-15-13-28/h1-2,4-7,16,25,31H,3,8-15,17-20H2/t25-/m1/s1. The topological polar surface area (TPSA) is 56.3 Å². The number of hydrogen-bond acceptors (Lipinski definition) is 5. The number of benzene rings is 2. The second-order valence-electron chi connectivity index (χ2n) is 9.64. The Bertz CT molecular complexity index is 971. The summed E-state index contributed by atoms with van der Waals surface area (Å²) in [5, 5.41) is 10.8. The third-order valence-corrected chi connectivity index (χ3v) is 7.17. The van der Waals surface area contributed by atoms with Gasteiger partial charge in [-0.1, -0.05) is 36.4 Å². The Morgan fingerprint density at radius 3 is 2.64 bits per heavy atom. The highest BCUT2D eigenvalue weighted by Gasteiger charge is 2.27. The van der Waals surface area contributed by atoms with Crippen molar-refractivity contribution in [2.75, 3.05) is 52.5 Å². The Morgan fingerprint density at radius 1 is 0.879 bits per heavy atom. The molecule has 176 valence electrons. The van der Waals surface area contributed by atoms with Crippen molar-refractivity contribution in [3.05, 3.63) is 70.3 Å². The van der Waals surface area contributed by atoms with Gasteiger partial charge in [0, 0.05) is 64.5 Å². The monoisotopic (exact) mass is 449 g/mol. The third kappa shape index (κ3) is 5.46. The smallest absolute Gasteiger partial charge is 0.254 e. The normalized spacial score (nSPS) is 20.8. The van der Waals surface area contributed by atoms with Crippen molar-refractivity contribution in [3.63, 3.8) is 0 Å². The van der Waals surface area contributed by atoms with E-state index < -0.39 is 6.10 Å². The van der Waals surface area contributed by atoms with E-state index in [4.69, 9.17) is 4.74 Å². The molecule has 0 unspecified atom stereocenters. The maximum Gasteiger partial charge on any atom is 0.254 e. The fourth-order valence-corrected chi connectivity index (χ4v) is 5.40. The van der Waals surface area contributed by atoms with Gasteiger partial charge in [-0.2, -0.15) is 0 Å². The summed E-state index contributed by atoms with van der Waals surface area (Å²) in [6.45, 7) is 8.07. The lowest BCUT2D eigenvalue weighted by molar-refractivity contribution is 0.0492. The summed E-state index contributed by atoms with van der Waals surface area (Å²) in [4.78, 5) is 19.7. The van der Waals surface area contributed by atoms with Crippen LogP contribution >= 0.6 is 0 Å². The van der Waals surface area contributed by atoms with Crippen LogP contribution in [0.3, 0.4) is 0 Å². The van der Waals surface area contributed by atoms with Crippen LogP contribution in [0.5, 0.6) is 0 Å². The van der Waals surface area contributed by atoms with Gasteiger partial charge < -0.3 is 14.7 Å². The van der Waals surface area contributed by atoms with Gasteiger partial charge >= 0.3 is 0 Å². The van der Waals surface area contributed by atoms with Gasteiger partial charge in [-0.25, -0.2) is 0 Å². The SMILES string of the molecule is O=C1c2ccc(CN3CCCOCC3)cc2CCN1C[C@H](O)CN1CCc2ccccc2C1. The van der Waals surface area contributed by atoms with E-state index in [1.807, 2.05) is 11.0 Å². The zero-order valence-electron chi connectivity index (χ0n) is 19.4. The Morgan fingerprint density at radius 2 is 1.73 bits per heavy atom. The number of β-amino-alcohol motifs (C(OH)–C–C–N with tert-alkyl or cyclic N) is 1. The number of aliphatic hydroxyl groups is 1. The number of fused-ring (bicyclic) bond motifs is 2. The summed E-state index contributed by atoms with van der Waals surface area (Å²) in [5.74, 6) is 0.0500. The lowest BCUT2D eigenvalue weighted by Gasteiger charge is -2.34.